The highest BCUT2D eigenvalue weighted by atomic mass is 16.2. The molecular weight excluding hydrogens is 310 g/mol. The number of aromatic amines is 1. The number of hydrogen-bond donors (Lipinski definition) is 1. The number of carbonyl (C=O) groups excluding carboxylic acids is 1. The summed E-state index contributed by atoms with van der Waals surface area (Å²) in [7, 11) is 0. The molecule has 1 aliphatic rings. The van der Waals surface area contributed by atoms with E-state index in [1.54, 1.807) is 6.33 Å². The van der Waals surface area contributed by atoms with Gasteiger partial charge in [0.25, 0.3) is 5.91 Å². The summed E-state index contributed by atoms with van der Waals surface area (Å²) in [4.78, 5) is 22.7. The van der Waals surface area contributed by atoms with Crippen molar-refractivity contribution in [3.8, 4) is 0 Å². The number of benzene rings is 2. The number of rotatable bonds is 3. The van der Waals surface area contributed by atoms with Crippen molar-refractivity contribution in [3.63, 3.8) is 0 Å². The summed E-state index contributed by atoms with van der Waals surface area (Å²) in [5, 5.41) is 0. The lowest BCUT2D eigenvalue weighted by Crippen LogP contribution is -2.31. The number of nitrogens with zero attached hydrogens (tertiary/aromatic N) is 2. The molecule has 4 nitrogen and oxygen atoms in total. The maximum absolute atomic E-state index is 13.2. The first-order chi connectivity index (χ1) is 12.3. The molecule has 1 N–H and O–H groups in total. The normalized spacial score (nSPS) is 15.9. The molecule has 0 unspecified atom stereocenters. The third-order valence-corrected chi connectivity index (χ3v) is 4.45. The van der Waals surface area contributed by atoms with Crippen molar-refractivity contribution >= 4 is 17.6 Å². The largest absolute Gasteiger partial charge is 0.348 e. The molecule has 0 saturated carbocycles. The molecule has 1 aliphatic heterocycles. The van der Waals surface area contributed by atoms with Crippen LogP contribution in [0, 0.1) is 0 Å². The molecule has 2 heterocycles. The fourth-order valence-corrected chi connectivity index (χ4v) is 3.16. The van der Waals surface area contributed by atoms with Crippen LogP contribution in [-0.4, -0.2) is 27.3 Å². The Balaban J connectivity index is 1.71. The van der Waals surface area contributed by atoms with Gasteiger partial charge in [-0.05, 0) is 17.2 Å². The topological polar surface area (TPSA) is 49.0 Å². The fraction of sp³-hybridized carbons (Fsp3) is 0.143. The standard InChI is InChI=1S/C21H19N3O/c25-21-18(13-16-7-3-1-4-8-16)20-19(22-15-23-20)11-12-24(21)14-17-9-5-2-6-10-17/h1-10,13,15H,11-12,14H2,(H,22,23)/b18-13-. The number of carbonyl (C=O) groups is 1. The number of amides is 1. The first-order valence-electron chi connectivity index (χ1n) is 8.44. The Kier molecular flexibility index (Phi) is 4.17. The number of imidazole rings is 1. The van der Waals surface area contributed by atoms with Crippen LogP contribution in [0.4, 0.5) is 0 Å². The lowest BCUT2D eigenvalue weighted by atomic mass is 10.1. The van der Waals surface area contributed by atoms with Gasteiger partial charge < -0.3 is 9.88 Å². The highest BCUT2D eigenvalue weighted by Gasteiger charge is 2.27. The van der Waals surface area contributed by atoms with Gasteiger partial charge in [0, 0.05) is 25.2 Å². The molecular formula is C21H19N3O. The Hall–Kier alpha value is -3.14. The third kappa shape index (κ3) is 3.24. The molecule has 0 radical (unpaired) electrons. The van der Waals surface area contributed by atoms with Crippen LogP contribution < -0.4 is 0 Å². The van der Waals surface area contributed by atoms with Crippen LogP contribution in [0.15, 0.2) is 67.0 Å². The molecule has 1 aromatic heterocycles. The van der Waals surface area contributed by atoms with Crippen molar-refractivity contribution in [2.24, 2.45) is 0 Å². The number of H-pyrrole nitrogens is 1. The number of aromatic nitrogens is 2. The van der Waals surface area contributed by atoms with Gasteiger partial charge in [-0.1, -0.05) is 60.7 Å². The Bertz CT molecular complexity index is 897. The van der Waals surface area contributed by atoms with Gasteiger partial charge in [-0.3, -0.25) is 4.79 Å². The van der Waals surface area contributed by atoms with Crippen LogP contribution in [0.2, 0.25) is 0 Å². The summed E-state index contributed by atoms with van der Waals surface area (Å²) in [6.45, 7) is 1.28. The predicted molar refractivity (Wildman–Crippen MR) is 98.5 cm³/mol. The summed E-state index contributed by atoms with van der Waals surface area (Å²) in [5.74, 6) is 0.0264. The SMILES string of the molecule is O=C1/C(=C\c2ccccc2)c2nc[nH]c2CCN1Cc1ccccc1. The minimum Gasteiger partial charge on any atom is -0.348 e. The lowest BCUT2D eigenvalue weighted by Gasteiger charge is -2.21. The number of nitrogens with one attached hydrogen (secondary N) is 1. The minimum atomic E-state index is 0.0264. The molecule has 3 aromatic rings. The van der Waals surface area contributed by atoms with Gasteiger partial charge in [-0.2, -0.15) is 0 Å². The van der Waals surface area contributed by atoms with Crippen molar-refractivity contribution in [2.75, 3.05) is 6.54 Å². The van der Waals surface area contributed by atoms with Crippen molar-refractivity contribution < 1.29 is 4.79 Å². The molecule has 1 amide bonds. The Labute approximate surface area is 146 Å². The summed E-state index contributed by atoms with van der Waals surface area (Å²) in [6.07, 6.45) is 4.38. The second-order valence-corrected chi connectivity index (χ2v) is 6.16. The first-order valence-corrected chi connectivity index (χ1v) is 8.44. The van der Waals surface area contributed by atoms with Crippen LogP contribution in [0.5, 0.6) is 0 Å². The van der Waals surface area contributed by atoms with E-state index in [9.17, 15) is 4.79 Å². The Morgan fingerprint density at radius 1 is 1.04 bits per heavy atom. The molecule has 4 heteroatoms. The van der Waals surface area contributed by atoms with E-state index < -0.39 is 0 Å². The highest BCUT2D eigenvalue weighted by molar-refractivity contribution is 6.24. The quantitative estimate of drug-likeness (QED) is 0.747. The molecule has 0 aliphatic carbocycles. The molecule has 4 rings (SSSR count). The van der Waals surface area contributed by atoms with Gasteiger partial charge >= 0.3 is 0 Å². The van der Waals surface area contributed by atoms with E-state index in [0.717, 1.165) is 28.9 Å². The summed E-state index contributed by atoms with van der Waals surface area (Å²) in [5.41, 5.74) is 4.57. The molecule has 2 aromatic carbocycles. The summed E-state index contributed by atoms with van der Waals surface area (Å²) < 4.78 is 0. The van der Waals surface area contributed by atoms with Gasteiger partial charge in [0.1, 0.15) is 0 Å². The molecule has 0 bridgehead atoms. The zero-order valence-electron chi connectivity index (χ0n) is 13.9. The lowest BCUT2D eigenvalue weighted by molar-refractivity contribution is -0.125. The van der Waals surface area contributed by atoms with E-state index in [1.807, 2.05) is 59.5 Å². The molecule has 0 atom stereocenters. The van der Waals surface area contributed by atoms with Crippen LogP contribution in [0.1, 0.15) is 22.5 Å². The van der Waals surface area contributed by atoms with E-state index in [1.165, 1.54) is 0 Å². The molecule has 0 fully saturated rings. The predicted octanol–water partition coefficient (Wildman–Crippen LogP) is 3.54. The molecule has 0 spiro atoms. The fourth-order valence-electron chi connectivity index (χ4n) is 3.16. The van der Waals surface area contributed by atoms with Crippen LogP contribution >= 0.6 is 0 Å². The maximum Gasteiger partial charge on any atom is 0.256 e. The Morgan fingerprint density at radius 3 is 2.52 bits per heavy atom. The Morgan fingerprint density at radius 2 is 1.76 bits per heavy atom. The number of hydrogen-bond acceptors (Lipinski definition) is 2. The first kappa shape index (κ1) is 15.4. The molecule has 0 saturated heterocycles. The average molecular weight is 329 g/mol. The molecule has 25 heavy (non-hydrogen) atoms. The van der Waals surface area contributed by atoms with Gasteiger partial charge in [0.15, 0.2) is 0 Å². The smallest absolute Gasteiger partial charge is 0.256 e. The van der Waals surface area contributed by atoms with Crippen LogP contribution in [-0.2, 0) is 17.8 Å². The third-order valence-electron chi connectivity index (χ3n) is 4.45. The zero-order chi connectivity index (χ0) is 17.1. The van der Waals surface area contributed by atoms with Crippen molar-refractivity contribution in [1.29, 1.82) is 0 Å². The van der Waals surface area contributed by atoms with Crippen molar-refractivity contribution in [1.82, 2.24) is 14.9 Å². The van der Waals surface area contributed by atoms with E-state index in [2.05, 4.69) is 22.1 Å². The van der Waals surface area contributed by atoms with E-state index in [4.69, 9.17) is 0 Å². The van der Waals surface area contributed by atoms with E-state index in [0.29, 0.717) is 18.7 Å². The monoisotopic (exact) mass is 329 g/mol. The second kappa shape index (κ2) is 6.77. The van der Waals surface area contributed by atoms with Gasteiger partial charge in [-0.25, -0.2) is 4.98 Å². The highest BCUT2D eigenvalue weighted by Crippen LogP contribution is 2.26. The second-order valence-electron chi connectivity index (χ2n) is 6.16. The summed E-state index contributed by atoms with van der Waals surface area (Å²) >= 11 is 0. The van der Waals surface area contributed by atoms with Gasteiger partial charge in [0.2, 0.25) is 0 Å². The van der Waals surface area contributed by atoms with Gasteiger partial charge in [-0.15, -0.1) is 0 Å². The van der Waals surface area contributed by atoms with Crippen molar-refractivity contribution in [2.45, 2.75) is 13.0 Å². The van der Waals surface area contributed by atoms with Crippen LogP contribution in [0.25, 0.3) is 11.6 Å². The molecule has 124 valence electrons. The minimum absolute atomic E-state index is 0.0264. The van der Waals surface area contributed by atoms with Gasteiger partial charge in [0.05, 0.1) is 17.6 Å². The van der Waals surface area contributed by atoms with E-state index >= 15 is 0 Å². The zero-order valence-corrected chi connectivity index (χ0v) is 13.9. The number of fused-ring (bicyclic) bond motifs is 1. The van der Waals surface area contributed by atoms with Crippen molar-refractivity contribution in [3.05, 3.63) is 89.5 Å². The summed E-state index contributed by atoms with van der Waals surface area (Å²) in [6, 6.07) is 20.0. The average Bonchev–Trinajstić information content (AvgIpc) is 3.08. The van der Waals surface area contributed by atoms with E-state index in [-0.39, 0.29) is 5.91 Å². The maximum atomic E-state index is 13.2. The van der Waals surface area contributed by atoms with Crippen LogP contribution in [0.3, 0.4) is 0 Å².